The second-order valence-electron chi connectivity index (χ2n) is 9.09. The first-order valence-corrected chi connectivity index (χ1v) is 13.4. The molecule has 1 aliphatic carbocycles. The van der Waals surface area contributed by atoms with E-state index >= 15 is 0 Å². The van der Waals surface area contributed by atoms with Gasteiger partial charge in [0.2, 0.25) is 5.88 Å². The Morgan fingerprint density at radius 2 is 1.89 bits per heavy atom. The van der Waals surface area contributed by atoms with Crippen molar-refractivity contribution in [3.05, 3.63) is 23.9 Å². The first kappa shape index (κ1) is 31.7. The van der Waals surface area contributed by atoms with Crippen LogP contribution < -0.4 is 10.5 Å². The molecule has 208 valence electrons. The van der Waals surface area contributed by atoms with Crippen molar-refractivity contribution in [2.24, 2.45) is 17.6 Å². The summed E-state index contributed by atoms with van der Waals surface area (Å²) < 4.78 is 48.4. The van der Waals surface area contributed by atoms with Gasteiger partial charge in [-0.2, -0.15) is 13.2 Å². The summed E-state index contributed by atoms with van der Waals surface area (Å²) in [6.07, 6.45) is 5.01. The normalized spacial score (nSPS) is 23.4. The van der Waals surface area contributed by atoms with E-state index in [0.29, 0.717) is 25.1 Å². The molecule has 1 aromatic heterocycles. The highest BCUT2D eigenvalue weighted by atomic mass is 32.2. The van der Waals surface area contributed by atoms with Gasteiger partial charge in [0.15, 0.2) is 0 Å². The summed E-state index contributed by atoms with van der Waals surface area (Å²) in [6.45, 7) is 7.57. The molecular formula is C24H38BF3N4O4S. The number of carbonyl (C=O) groups is 1. The smallest absolute Gasteiger partial charge is 0.476 e. The van der Waals surface area contributed by atoms with Gasteiger partial charge < -0.3 is 20.3 Å². The molecule has 0 amide bonds. The van der Waals surface area contributed by atoms with Crippen LogP contribution in [0.15, 0.2) is 18.3 Å². The molecule has 3 aliphatic rings. The number of morpholine rings is 1. The highest BCUT2D eigenvalue weighted by Gasteiger charge is 2.39. The molecule has 2 aliphatic heterocycles. The number of hydrogen-bond acceptors (Lipinski definition) is 8. The second kappa shape index (κ2) is 16.4. The van der Waals surface area contributed by atoms with E-state index < -0.39 is 12.1 Å². The lowest BCUT2D eigenvalue weighted by Gasteiger charge is -2.32. The molecule has 0 spiro atoms. The summed E-state index contributed by atoms with van der Waals surface area (Å²) in [6, 6.07) is 4.35. The fourth-order valence-electron chi connectivity index (χ4n) is 4.73. The van der Waals surface area contributed by atoms with Crippen LogP contribution in [0.4, 0.5) is 13.2 Å². The molecule has 4 rings (SSSR count). The lowest BCUT2D eigenvalue weighted by atomic mass is 9.79. The molecule has 1 saturated carbocycles. The molecule has 8 nitrogen and oxygen atoms in total. The Bertz CT molecular complexity index is 800. The molecule has 37 heavy (non-hydrogen) atoms. The van der Waals surface area contributed by atoms with Crippen molar-refractivity contribution in [2.45, 2.75) is 64.1 Å². The number of carboxylic acid groups (broad SMARTS) is 1. The maximum absolute atomic E-state index is 10.6. The quantitative estimate of drug-likeness (QED) is 0.389. The van der Waals surface area contributed by atoms with Crippen molar-refractivity contribution in [1.29, 1.82) is 0 Å². The Balaban J connectivity index is 0.000000465. The first-order chi connectivity index (χ1) is 17.8. The van der Waals surface area contributed by atoms with Gasteiger partial charge in [0.05, 0.1) is 27.1 Å². The van der Waals surface area contributed by atoms with Crippen LogP contribution in [0.3, 0.4) is 0 Å². The maximum atomic E-state index is 10.6. The van der Waals surface area contributed by atoms with Crippen LogP contribution in [0.5, 0.6) is 5.88 Å². The second-order valence-corrected chi connectivity index (χ2v) is 10.2. The van der Waals surface area contributed by atoms with Gasteiger partial charge in [-0.25, -0.2) is 18.4 Å². The summed E-state index contributed by atoms with van der Waals surface area (Å²) >= 11 is 1.91. The van der Waals surface area contributed by atoms with Crippen molar-refractivity contribution in [2.75, 3.05) is 39.5 Å². The third-order valence-electron chi connectivity index (χ3n) is 6.60. The van der Waals surface area contributed by atoms with Gasteiger partial charge in [-0.15, -0.1) is 0 Å². The summed E-state index contributed by atoms with van der Waals surface area (Å²) in [4.78, 5) is 13.3. The zero-order chi connectivity index (χ0) is 27.3. The topological polar surface area (TPSA) is 101 Å². The number of aromatic nitrogens is 1. The monoisotopic (exact) mass is 546 g/mol. The summed E-state index contributed by atoms with van der Waals surface area (Å²) in [7, 11) is 4.50. The van der Waals surface area contributed by atoms with Gasteiger partial charge in [-0.3, -0.25) is 0 Å². The SMILES string of the molecule is NCc1ccnc(OCC2CC(C3CCCCC3)CN2SN2CCOCC2)c1.O=C(O)C(F)(F)F.[B]C. The van der Waals surface area contributed by atoms with Crippen LogP contribution in [0.25, 0.3) is 0 Å². The Labute approximate surface area is 223 Å². The summed E-state index contributed by atoms with van der Waals surface area (Å²) in [5.74, 6) is -0.371. The van der Waals surface area contributed by atoms with Crippen LogP contribution >= 0.6 is 12.1 Å². The molecule has 2 unspecified atom stereocenters. The van der Waals surface area contributed by atoms with Crippen molar-refractivity contribution < 1.29 is 32.5 Å². The molecule has 3 N–H and O–H groups in total. The van der Waals surface area contributed by atoms with E-state index in [0.717, 1.165) is 43.7 Å². The third-order valence-corrected chi connectivity index (χ3v) is 7.86. The Morgan fingerprint density at radius 1 is 1.24 bits per heavy atom. The number of carboxylic acids is 1. The minimum Gasteiger partial charge on any atom is -0.476 e. The number of ether oxygens (including phenoxy) is 2. The van der Waals surface area contributed by atoms with Crippen molar-refractivity contribution >= 4 is 25.9 Å². The van der Waals surface area contributed by atoms with Crippen LogP contribution in [-0.4, -0.2) is 84.2 Å². The number of alkyl halides is 3. The van der Waals surface area contributed by atoms with Gasteiger partial charge in [-0.05, 0) is 29.9 Å². The number of halogens is 3. The largest absolute Gasteiger partial charge is 0.490 e. The van der Waals surface area contributed by atoms with E-state index in [-0.39, 0.29) is 0 Å². The van der Waals surface area contributed by atoms with Gasteiger partial charge in [0.25, 0.3) is 0 Å². The fraction of sp³-hybridized carbons (Fsp3) is 0.750. The Kier molecular flexibility index (Phi) is 14.1. The summed E-state index contributed by atoms with van der Waals surface area (Å²) in [5, 5.41) is 7.12. The van der Waals surface area contributed by atoms with Crippen molar-refractivity contribution in [1.82, 2.24) is 13.6 Å². The number of hydrogen-bond donors (Lipinski definition) is 2. The van der Waals surface area contributed by atoms with E-state index in [1.807, 2.05) is 24.3 Å². The first-order valence-electron chi connectivity index (χ1n) is 12.7. The van der Waals surface area contributed by atoms with Crippen LogP contribution in [0.2, 0.25) is 6.82 Å². The highest BCUT2D eigenvalue weighted by Crippen LogP contribution is 2.40. The molecule has 2 atom stereocenters. The lowest BCUT2D eigenvalue weighted by Crippen LogP contribution is -2.38. The predicted molar refractivity (Wildman–Crippen MR) is 138 cm³/mol. The minimum atomic E-state index is -5.08. The van der Waals surface area contributed by atoms with E-state index in [1.165, 1.54) is 51.9 Å². The minimum absolute atomic E-state index is 0.433. The lowest BCUT2D eigenvalue weighted by molar-refractivity contribution is -0.192. The Hall–Kier alpha value is -1.54. The zero-order valence-electron chi connectivity index (χ0n) is 21.4. The number of nitrogens with two attached hydrogens (primary N) is 1. The Morgan fingerprint density at radius 3 is 2.49 bits per heavy atom. The van der Waals surface area contributed by atoms with Crippen LogP contribution in [0.1, 0.15) is 44.1 Å². The average Bonchev–Trinajstić information content (AvgIpc) is 3.32. The summed E-state index contributed by atoms with van der Waals surface area (Å²) in [5.41, 5.74) is 6.82. The van der Waals surface area contributed by atoms with Gasteiger partial charge >= 0.3 is 12.1 Å². The van der Waals surface area contributed by atoms with E-state index in [9.17, 15) is 13.2 Å². The number of pyridine rings is 1. The predicted octanol–water partition coefficient (Wildman–Crippen LogP) is 3.92. The molecule has 13 heteroatoms. The fourth-order valence-corrected chi connectivity index (χ4v) is 5.88. The highest BCUT2D eigenvalue weighted by molar-refractivity contribution is 7.94. The molecule has 3 heterocycles. The molecule has 3 fully saturated rings. The molecule has 2 radical (unpaired) electrons. The van der Waals surface area contributed by atoms with E-state index in [2.05, 4.69) is 21.4 Å². The number of rotatable bonds is 7. The molecule has 1 aromatic rings. The van der Waals surface area contributed by atoms with Crippen molar-refractivity contribution in [3.8, 4) is 5.88 Å². The van der Waals surface area contributed by atoms with E-state index in [4.69, 9.17) is 25.1 Å². The van der Waals surface area contributed by atoms with Crippen molar-refractivity contribution in [3.63, 3.8) is 0 Å². The number of nitrogens with zero attached hydrogens (tertiary/aromatic N) is 3. The van der Waals surface area contributed by atoms with Crippen LogP contribution in [0, 0.1) is 11.8 Å². The maximum Gasteiger partial charge on any atom is 0.490 e. The third kappa shape index (κ3) is 11.0. The molecule has 0 bridgehead atoms. The molecular weight excluding hydrogens is 508 g/mol. The van der Waals surface area contributed by atoms with E-state index in [1.54, 1.807) is 6.20 Å². The standard InChI is InChI=1S/C21H34N4O2S.C2HF3O2.CH3B/c22-14-17-6-7-23-21(12-17)27-16-20-13-19(18-4-2-1-3-5-18)15-25(20)28-24-8-10-26-11-9-24;3-2(4,5)1(6)7;1-2/h6-7,12,18-20H,1-5,8-11,13-16,22H2;(H,6,7);1H3. The van der Waals surface area contributed by atoms with Gasteiger partial charge in [0.1, 0.15) is 6.61 Å². The molecule has 2 saturated heterocycles. The molecule has 0 aromatic carbocycles. The van der Waals surface area contributed by atoms with Crippen LogP contribution in [-0.2, 0) is 16.1 Å². The average molecular weight is 546 g/mol. The zero-order valence-corrected chi connectivity index (χ0v) is 22.2. The van der Waals surface area contributed by atoms with Gasteiger partial charge in [0, 0.05) is 50.6 Å². The number of aliphatic carboxylic acids is 1. The van der Waals surface area contributed by atoms with Gasteiger partial charge in [-0.1, -0.05) is 38.9 Å².